The second kappa shape index (κ2) is 6.49. The maximum atomic E-state index is 12.2. The number of rotatable bonds is 6. The maximum Gasteiger partial charge on any atom is 0.242 e. The zero-order valence-electron chi connectivity index (χ0n) is 10.5. The fraction of sp³-hybridized carbons (Fsp3) is 0.455. The molecule has 0 heterocycles. The van der Waals surface area contributed by atoms with Crippen LogP contribution in [-0.2, 0) is 19.5 Å². The van der Waals surface area contributed by atoms with E-state index in [1.165, 1.54) is 49.8 Å². The number of hydrogen-bond acceptors (Lipinski definition) is 4. The Bertz CT molecular complexity index is 470. The summed E-state index contributed by atoms with van der Waals surface area (Å²) in [4.78, 5) is 0.181. The first-order chi connectivity index (χ1) is 8.41. The van der Waals surface area contributed by atoms with Gasteiger partial charge in [0.15, 0.2) is 6.29 Å². The molecule has 1 aromatic carbocycles. The molecule has 0 spiro atoms. The predicted molar refractivity (Wildman–Crippen MR) is 69.1 cm³/mol. The summed E-state index contributed by atoms with van der Waals surface area (Å²) in [6, 6.07) is 5.99. The van der Waals surface area contributed by atoms with Crippen LogP contribution in [0.1, 0.15) is 0 Å². The highest BCUT2D eigenvalue weighted by atomic mass is 35.5. The standard InChI is InChI=1S/C11H16ClNO4S/c1-13(8-11(16-2)17-3)18(14,15)10-6-4-9(12)5-7-10/h4-7,11H,8H2,1-3H3. The summed E-state index contributed by atoms with van der Waals surface area (Å²) >= 11 is 5.72. The Morgan fingerprint density at radius 3 is 2.17 bits per heavy atom. The minimum Gasteiger partial charge on any atom is -0.355 e. The van der Waals surface area contributed by atoms with Crippen LogP contribution in [0.2, 0.25) is 5.02 Å². The molecule has 18 heavy (non-hydrogen) atoms. The monoisotopic (exact) mass is 293 g/mol. The van der Waals surface area contributed by atoms with Crippen LogP contribution in [0.3, 0.4) is 0 Å². The molecule has 1 rings (SSSR count). The summed E-state index contributed by atoms with van der Waals surface area (Å²) < 4.78 is 35.5. The SMILES string of the molecule is COC(CN(C)S(=O)(=O)c1ccc(Cl)cc1)OC. The quantitative estimate of drug-likeness (QED) is 0.747. The number of hydrogen-bond donors (Lipinski definition) is 0. The van der Waals surface area contributed by atoms with Gasteiger partial charge in [0.1, 0.15) is 0 Å². The number of benzene rings is 1. The highest BCUT2D eigenvalue weighted by molar-refractivity contribution is 7.89. The van der Waals surface area contributed by atoms with E-state index in [4.69, 9.17) is 21.1 Å². The van der Waals surface area contributed by atoms with Crippen LogP contribution in [0.5, 0.6) is 0 Å². The average Bonchev–Trinajstić information content (AvgIpc) is 2.36. The lowest BCUT2D eigenvalue weighted by Crippen LogP contribution is -2.36. The molecular formula is C11H16ClNO4S. The van der Waals surface area contributed by atoms with Crippen molar-refractivity contribution >= 4 is 21.6 Å². The number of sulfonamides is 1. The van der Waals surface area contributed by atoms with E-state index in [1.54, 1.807) is 0 Å². The van der Waals surface area contributed by atoms with Gasteiger partial charge in [-0.3, -0.25) is 0 Å². The summed E-state index contributed by atoms with van der Waals surface area (Å²) in [6.07, 6.45) is -0.600. The van der Waals surface area contributed by atoms with Crippen molar-refractivity contribution in [3.05, 3.63) is 29.3 Å². The minimum atomic E-state index is -3.56. The Morgan fingerprint density at radius 2 is 1.72 bits per heavy atom. The maximum absolute atomic E-state index is 12.2. The zero-order valence-corrected chi connectivity index (χ0v) is 12.0. The molecular weight excluding hydrogens is 278 g/mol. The molecule has 0 unspecified atom stereocenters. The molecule has 0 bridgehead atoms. The minimum absolute atomic E-state index is 0.109. The number of ether oxygens (including phenoxy) is 2. The number of methoxy groups -OCH3 is 2. The second-order valence-corrected chi connectivity index (χ2v) is 6.12. The Balaban J connectivity index is 2.89. The van der Waals surface area contributed by atoms with E-state index in [9.17, 15) is 8.42 Å². The van der Waals surface area contributed by atoms with Crippen molar-refractivity contribution in [2.24, 2.45) is 0 Å². The van der Waals surface area contributed by atoms with Gasteiger partial charge >= 0.3 is 0 Å². The molecule has 7 heteroatoms. The third-order valence-corrected chi connectivity index (χ3v) is 4.54. The van der Waals surface area contributed by atoms with Crippen LogP contribution in [-0.4, -0.2) is 46.8 Å². The molecule has 0 radical (unpaired) electrons. The highest BCUT2D eigenvalue weighted by Gasteiger charge is 2.23. The molecule has 0 aromatic heterocycles. The number of nitrogens with zero attached hydrogens (tertiary/aromatic N) is 1. The normalized spacial score (nSPS) is 12.3. The third-order valence-electron chi connectivity index (χ3n) is 2.45. The van der Waals surface area contributed by atoms with E-state index in [0.717, 1.165) is 0 Å². The van der Waals surface area contributed by atoms with Crippen LogP contribution in [0.15, 0.2) is 29.2 Å². The lowest BCUT2D eigenvalue weighted by molar-refractivity contribution is -0.106. The molecule has 0 atom stereocenters. The van der Waals surface area contributed by atoms with E-state index in [0.29, 0.717) is 5.02 Å². The molecule has 0 aliphatic heterocycles. The van der Waals surface area contributed by atoms with Gasteiger partial charge in [0.05, 0.1) is 11.4 Å². The van der Waals surface area contributed by atoms with E-state index in [2.05, 4.69) is 0 Å². The Kier molecular flexibility index (Phi) is 5.55. The smallest absolute Gasteiger partial charge is 0.242 e. The number of halogens is 1. The topological polar surface area (TPSA) is 55.8 Å². The van der Waals surface area contributed by atoms with Gasteiger partial charge < -0.3 is 9.47 Å². The van der Waals surface area contributed by atoms with E-state index >= 15 is 0 Å². The summed E-state index contributed by atoms with van der Waals surface area (Å²) in [5.41, 5.74) is 0. The Labute approximate surface area is 112 Å². The molecule has 5 nitrogen and oxygen atoms in total. The van der Waals surface area contributed by atoms with Crippen LogP contribution in [0.25, 0.3) is 0 Å². The molecule has 0 saturated heterocycles. The van der Waals surface area contributed by atoms with Gasteiger partial charge in [0.25, 0.3) is 0 Å². The first-order valence-corrected chi connectivity index (χ1v) is 7.01. The lowest BCUT2D eigenvalue weighted by Gasteiger charge is -2.21. The van der Waals surface area contributed by atoms with Crippen molar-refractivity contribution in [1.29, 1.82) is 0 Å². The first-order valence-electron chi connectivity index (χ1n) is 5.19. The summed E-state index contributed by atoms with van der Waals surface area (Å²) in [5.74, 6) is 0. The summed E-state index contributed by atoms with van der Waals surface area (Å²) in [6.45, 7) is 0.109. The van der Waals surface area contributed by atoms with Crippen LogP contribution >= 0.6 is 11.6 Å². The van der Waals surface area contributed by atoms with Crippen molar-refractivity contribution in [3.63, 3.8) is 0 Å². The molecule has 102 valence electrons. The predicted octanol–water partition coefficient (Wildman–Crippen LogP) is 1.58. The van der Waals surface area contributed by atoms with E-state index in [-0.39, 0.29) is 11.4 Å². The fourth-order valence-corrected chi connectivity index (χ4v) is 2.62. The average molecular weight is 294 g/mol. The third kappa shape index (κ3) is 3.66. The zero-order chi connectivity index (χ0) is 13.8. The lowest BCUT2D eigenvalue weighted by atomic mass is 10.4. The molecule has 0 amide bonds. The Hall–Kier alpha value is -0.660. The van der Waals surface area contributed by atoms with E-state index in [1.807, 2.05) is 0 Å². The van der Waals surface area contributed by atoms with Crippen LogP contribution in [0, 0.1) is 0 Å². The van der Waals surface area contributed by atoms with E-state index < -0.39 is 16.3 Å². The number of likely N-dealkylation sites (N-methyl/N-ethyl adjacent to an activating group) is 1. The fourth-order valence-electron chi connectivity index (χ4n) is 1.34. The molecule has 0 N–H and O–H groups in total. The second-order valence-electron chi connectivity index (χ2n) is 3.64. The van der Waals surface area contributed by atoms with Crippen molar-refractivity contribution in [3.8, 4) is 0 Å². The Morgan fingerprint density at radius 1 is 1.22 bits per heavy atom. The molecule has 0 aliphatic carbocycles. The van der Waals surface area contributed by atoms with Crippen molar-refractivity contribution in [2.75, 3.05) is 27.8 Å². The van der Waals surface area contributed by atoms with Crippen molar-refractivity contribution in [1.82, 2.24) is 4.31 Å². The summed E-state index contributed by atoms with van der Waals surface area (Å²) in [7, 11) is 0.821. The van der Waals surface area contributed by atoms with Gasteiger partial charge in [0.2, 0.25) is 10.0 Å². The first kappa shape index (κ1) is 15.4. The molecule has 0 saturated carbocycles. The molecule has 1 aromatic rings. The largest absolute Gasteiger partial charge is 0.355 e. The van der Waals surface area contributed by atoms with Crippen LogP contribution in [0.4, 0.5) is 0 Å². The van der Waals surface area contributed by atoms with Gasteiger partial charge in [-0.1, -0.05) is 11.6 Å². The van der Waals surface area contributed by atoms with Gasteiger partial charge in [-0.05, 0) is 24.3 Å². The van der Waals surface area contributed by atoms with Crippen molar-refractivity contribution < 1.29 is 17.9 Å². The highest BCUT2D eigenvalue weighted by Crippen LogP contribution is 2.17. The van der Waals surface area contributed by atoms with Gasteiger partial charge in [-0.2, -0.15) is 4.31 Å². The summed E-state index contributed by atoms with van der Waals surface area (Å²) in [5, 5.41) is 0.489. The van der Waals surface area contributed by atoms with Crippen molar-refractivity contribution in [2.45, 2.75) is 11.2 Å². The molecule has 0 fully saturated rings. The van der Waals surface area contributed by atoms with Gasteiger partial charge in [-0.15, -0.1) is 0 Å². The van der Waals surface area contributed by atoms with Crippen LogP contribution < -0.4 is 0 Å². The van der Waals surface area contributed by atoms with Gasteiger partial charge in [0, 0.05) is 26.3 Å². The van der Waals surface area contributed by atoms with Gasteiger partial charge in [-0.25, -0.2) is 8.42 Å². The molecule has 0 aliphatic rings.